The van der Waals surface area contributed by atoms with Crippen molar-refractivity contribution in [1.29, 1.82) is 0 Å². The quantitative estimate of drug-likeness (QED) is 0.362. The van der Waals surface area contributed by atoms with Crippen molar-refractivity contribution in [1.82, 2.24) is 10.6 Å². The predicted octanol–water partition coefficient (Wildman–Crippen LogP) is 3.41. The minimum absolute atomic E-state index is 0.164. The molecule has 2 aliphatic rings. The Kier molecular flexibility index (Phi) is 5.63. The summed E-state index contributed by atoms with van der Waals surface area (Å²) in [6.45, 7) is 6.31. The van der Waals surface area contributed by atoms with E-state index in [0.717, 1.165) is 36.3 Å². The molecule has 0 amide bonds. The van der Waals surface area contributed by atoms with Gasteiger partial charge in [-0.1, -0.05) is 25.4 Å². The fourth-order valence-electron chi connectivity index (χ4n) is 3.83. The number of hydrogen-bond donors (Lipinski definition) is 2. The molecule has 0 aromatic heterocycles. The second kappa shape index (κ2) is 7.54. The summed E-state index contributed by atoms with van der Waals surface area (Å²) in [5.74, 6) is 2.48. The van der Waals surface area contributed by atoms with E-state index in [1.165, 1.54) is 4.90 Å². The van der Waals surface area contributed by atoms with Crippen molar-refractivity contribution in [3.05, 3.63) is 29.3 Å². The van der Waals surface area contributed by atoms with Gasteiger partial charge in [-0.05, 0) is 30.7 Å². The van der Waals surface area contributed by atoms with Crippen molar-refractivity contribution in [2.24, 2.45) is 16.3 Å². The van der Waals surface area contributed by atoms with Crippen LogP contribution >= 0.6 is 23.4 Å². The second-order valence-corrected chi connectivity index (χ2v) is 8.59. The standard InChI is InChI=1S/C18H26ClN3OS/c1-18(2)15(14-8-10-23-16(14)18)22-17(20-3)21-9-11-24-13-6-4-12(19)5-7-13/h4-7,14-16H,8-11H2,1-3H3,(H2,20,21,22). The minimum Gasteiger partial charge on any atom is -0.377 e. The number of thioether (sulfide) groups is 1. The van der Waals surface area contributed by atoms with E-state index in [2.05, 4.69) is 41.6 Å². The molecule has 4 nitrogen and oxygen atoms in total. The van der Waals surface area contributed by atoms with E-state index in [0.29, 0.717) is 18.1 Å². The first-order chi connectivity index (χ1) is 11.5. The average Bonchev–Trinajstić information content (AvgIpc) is 3.03. The Bertz CT molecular complexity index is 590. The summed E-state index contributed by atoms with van der Waals surface area (Å²) in [5, 5.41) is 7.80. The van der Waals surface area contributed by atoms with Gasteiger partial charge in [-0.2, -0.15) is 0 Å². The summed E-state index contributed by atoms with van der Waals surface area (Å²) in [5.41, 5.74) is 0.164. The third kappa shape index (κ3) is 3.68. The maximum absolute atomic E-state index is 5.91. The fourth-order valence-corrected chi connectivity index (χ4v) is 4.72. The Labute approximate surface area is 153 Å². The predicted molar refractivity (Wildman–Crippen MR) is 102 cm³/mol. The number of aliphatic imine (C=N–C) groups is 1. The van der Waals surface area contributed by atoms with Gasteiger partial charge in [-0.25, -0.2) is 0 Å². The van der Waals surface area contributed by atoms with Gasteiger partial charge >= 0.3 is 0 Å². The Hall–Kier alpha value is -0.910. The zero-order chi connectivity index (χ0) is 17.2. The maximum atomic E-state index is 5.91. The summed E-state index contributed by atoms with van der Waals surface area (Å²) in [4.78, 5) is 5.60. The first kappa shape index (κ1) is 17.9. The number of nitrogens with one attached hydrogen (secondary N) is 2. The van der Waals surface area contributed by atoms with Crippen LogP contribution in [-0.4, -0.2) is 44.1 Å². The third-order valence-corrected chi connectivity index (χ3v) is 6.36. The van der Waals surface area contributed by atoms with Crippen LogP contribution in [0.5, 0.6) is 0 Å². The van der Waals surface area contributed by atoms with Gasteiger partial charge in [-0.3, -0.25) is 4.99 Å². The molecule has 1 aliphatic heterocycles. The number of benzene rings is 1. The van der Waals surface area contributed by atoms with E-state index in [1.807, 2.05) is 30.9 Å². The highest BCUT2D eigenvalue weighted by Gasteiger charge is 2.59. The molecule has 2 N–H and O–H groups in total. The first-order valence-electron chi connectivity index (χ1n) is 8.49. The molecule has 1 saturated carbocycles. The van der Waals surface area contributed by atoms with Crippen molar-refractivity contribution in [2.45, 2.75) is 37.3 Å². The number of halogens is 1. The topological polar surface area (TPSA) is 45.7 Å². The monoisotopic (exact) mass is 367 g/mol. The average molecular weight is 368 g/mol. The molecular formula is C18H26ClN3OS. The number of ether oxygens (including phenoxy) is 1. The molecule has 6 heteroatoms. The number of rotatable bonds is 5. The molecule has 0 bridgehead atoms. The van der Waals surface area contributed by atoms with Gasteiger partial charge in [0, 0.05) is 53.2 Å². The Morgan fingerprint density at radius 3 is 2.83 bits per heavy atom. The molecule has 3 atom stereocenters. The van der Waals surface area contributed by atoms with Crippen LogP contribution in [-0.2, 0) is 4.74 Å². The van der Waals surface area contributed by atoms with Crippen LogP contribution in [0.25, 0.3) is 0 Å². The fraction of sp³-hybridized carbons (Fsp3) is 0.611. The van der Waals surface area contributed by atoms with Gasteiger partial charge in [0.15, 0.2) is 5.96 Å². The molecule has 132 valence electrons. The zero-order valence-corrected chi connectivity index (χ0v) is 16.1. The number of nitrogens with zero attached hydrogens (tertiary/aromatic N) is 1. The van der Waals surface area contributed by atoms with E-state index in [1.54, 1.807) is 0 Å². The van der Waals surface area contributed by atoms with Crippen LogP contribution in [0.2, 0.25) is 5.02 Å². The van der Waals surface area contributed by atoms with E-state index in [9.17, 15) is 0 Å². The third-order valence-electron chi connectivity index (χ3n) is 5.09. The molecule has 1 aromatic carbocycles. The SMILES string of the molecule is CN=C(NCCSc1ccc(Cl)cc1)NC1C2CCOC2C1(C)C. The maximum Gasteiger partial charge on any atom is 0.191 e. The van der Waals surface area contributed by atoms with Gasteiger partial charge < -0.3 is 15.4 Å². The first-order valence-corrected chi connectivity index (χ1v) is 9.86. The van der Waals surface area contributed by atoms with Crippen LogP contribution in [0, 0.1) is 11.3 Å². The molecule has 1 aromatic rings. The molecule has 0 spiro atoms. The second-order valence-electron chi connectivity index (χ2n) is 6.99. The lowest BCUT2D eigenvalue weighted by molar-refractivity contribution is -0.106. The van der Waals surface area contributed by atoms with E-state index in [-0.39, 0.29) is 5.41 Å². The Morgan fingerprint density at radius 1 is 1.38 bits per heavy atom. The van der Waals surface area contributed by atoms with Crippen molar-refractivity contribution in [2.75, 3.05) is 26.0 Å². The van der Waals surface area contributed by atoms with Gasteiger partial charge in [0.1, 0.15) is 0 Å². The smallest absolute Gasteiger partial charge is 0.191 e. The van der Waals surface area contributed by atoms with Gasteiger partial charge in [0.05, 0.1) is 6.10 Å². The van der Waals surface area contributed by atoms with Crippen molar-refractivity contribution < 1.29 is 4.74 Å². The molecule has 1 aliphatic carbocycles. The minimum atomic E-state index is 0.164. The highest BCUT2D eigenvalue weighted by Crippen LogP contribution is 2.52. The molecule has 0 radical (unpaired) electrons. The highest BCUT2D eigenvalue weighted by atomic mass is 35.5. The number of fused-ring (bicyclic) bond motifs is 1. The summed E-state index contributed by atoms with van der Waals surface area (Å²) in [6.07, 6.45) is 1.54. The van der Waals surface area contributed by atoms with Gasteiger partial charge in [0.2, 0.25) is 0 Å². The summed E-state index contributed by atoms with van der Waals surface area (Å²) in [7, 11) is 1.83. The van der Waals surface area contributed by atoms with Gasteiger partial charge in [-0.15, -0.1) is 11.8 Å². The van der Waals surface area contributed by atoms with E-state index >= 15 is 0 Å². The lowest BCUT2D eigenvalue weighted by atomic mass is 9.57. The van der Waals surface area contributed by atoms with Crippen molar-refractivity contribution in [3.63, 3.8) is 0 Å². The largest absolute Gasteiger partial charge is 0.377 e. The Balaban J connectivity index is 1.43. The lowest BCUT2D eigenvalue weighted by Crippen LogP contribution is -2.68. The van der Waals surface area contributed by atoms with Gasteiger partial charge in [0.25, 0.3) is 0 Å². The van der Waals surface area contributed by atoms with E-state index < -0.39 is 0 Å². The van der Waals surface area contributed by atoms with Crippen LogP contribution in [0.15, 0.2) is 34.2 Å². The molecule has 1 saturated heterocycles. The van der Waals surface area contributed by atoms with Crippen molar-refractivity contribution in [3.8, 4) is 0 Å². The summed E-state index contributed by atoms with van der Waals surface area (Å²) in [6, 6.07) is 8.39. The van der Waals surface area contributed by atoms with Crippen LogP contribution < -0.4 is 10.6 Å². The Morgan fingerprint density at radius 2 is 2.12 bits per heavy atom. The molecule has 3 rings (SSSR count). The molecule has 3 unspecified atom stereocenters. The number of hydrogen-bond acceptors (Lipinski definition) is 3. The van der Waals surface area contributed by atoms with Crippen LogP contribution in [0.1, 0.15) is 20.3 Å². The van der Waals surface area contributed by atoms with Crippen LogP contribution in [0.4, 0.5) is 0 Å². The number of guanidine groups is 1. The highest BCUT2D eigenvalue weighted by molar-refractivity contribution is 7.99. The summed E-state index contributed by atoms with van der Waals surface area (Å²) < 4.78 is 5.86. The van der Waals surface area contributed by atoms with E-state index in [4.69, 9.17) is 16.3 Å². The van der Waals surface area contributed by atoms with Crippen molar-refractivity contribution >= 4 is 29.3 Å². The normalized spacial score (nSPS) is 28.2. The van der Waals surface area contributed by atoms with Crippen LogP contribution in [0.3, 0.4) is 0 Å². The molecular weight excluding hydrogens is 342 g/mol. The lowest BCUT2D eigenvalue weighted by Gasteiger charge is -2.54. The summed E-state index contributed by atoms with van der Waals surface area (Å²) >= 11 is 7.72. The molecule has 24 heavy (non-hydrogen) atoms. The molecule has 2 fully saturated rings. The zero-order valence-electron chi connectivity index (χ0n) is 14.5. The molecule has 1 heterocycles.